The number of hydrogen-bond donors (Lipinski definition) is 1. The third-order valence-electron chi connectivity index (χ3n) is 3.97. The number of fused-ring (bicyclic) bond motifs is 1. The van der Waals surface area contributed by atoms with Gasteiger partial charge in [0.25, 0.3) is 11.8 Å². The van der Waals surface area contributed by atoms with Gasteiger partial charge >= 0.3 is 0 Å². The van der Waals surface area contributed by atoms with Gasteiger partial charge in [-0.1, -0.05) is 18.2 Å². The van der Waals surface area contributed by atoms with Gasteiger partial charge in [0, 0.05) is 13.0 Å². The predicted octanol–water partition coefficient (Wildman–Crippen LogP) is 2.85. The molecule has 0 spiro atoms. The van der Waals surface area contributed by atoms with Crippen LogP contribution in [0, 0.1) is 5.82 Å². The van der Waals surface area contributed by atoms with Gasteiger partial charge in [-0.2, -0.15) is 0 Å². The lowest BCUT2D eigenvalue weighted by Gasteiger charge is -2.14. The van der Waals surface area contributed by atoms with Crippen LogP contribution in [0.25, 0.3) is 0 Å². The molecule has 134 valence electrons. The highest BCUT2D eigenvalue weighted by Gasteiger charge is 2.37. The summed E-state index contributed by atoms with van der Waals surface area (Å²) in [6, 6.07) is 10.9. The van der Waals surface area contributed by atoms with Crippen LogP contribution in [0.5, 0.6) is 5.75 Å². The zero-order valence-corrected chi connectivity index (χ0v) is 14.1. The van der Waals surface area contributed by atoms with Gasteiger partial charge in [-0.05, 0) is 31.2 Å². The first-order valence-electron chi connectivity index (χ1n) is 8.19. The second kappa shape index (κ2) is 7.35. The Morgan fingerprint density at radius 3 is 2.62 bits per heavy atom. The molecule has 0 atom stereocenters. The summed E-state index contributed by atoms with van der Waals surface area (Å²) in [5.74, 6) is -1.89. The van der Waals surface area contributed by atoms with Crippen molar-refractivity contribution in [2.45, 2.75) is 13.3 Å². The molecule has 0 saturated carbocycles. The Balaban J connectivity index is 1.65. The van der Waals surface area contributed by atoms with E-state index in [0.717, 1.165) is 11.0 Å². The van der Waals surface area contributed by atoms with Gasteiger partial charge < -0.3 is 10.1 Å². The summed E-state index contributed by atoms with van der Waals surface area (Å²) in [7, 11) is 0. The van der Waals surface area contributed by atoms with Crippen LogP contribution in [0.15, 0.2) is 42.5 Å². The molecule has 1 heterocycles. The maximum atomic E-state index is 13.8. The van der Waals surface area contributed by atoms with Crippen molar-refractivity contribution in [3.8, 4) is 5.75 Å². The van der Waals surface area contributed by atoms with E-state index < -0.39 is 17.6 Å². The van der Waals surface area contributed by atoms with Crippen LogP contribution in [-0.2, 0) is 4.79 Å². The molecule has 1 aliphatic rings. The maximum Gasteiger partial charge on any atom is 0.264 e. The van der Waals surface area contributed by atoms with Gasteiger partial charge in [-0.3, -0.25) is 19.3 Å². The number of imide groups is 1. The van der Waals surface area contributed by atoms with Gasteiger partial charge in [0.05, 0.1) is 23.4 Å². The van der Waals surface area contributed by atoms with Gasteiger partial charge in [-0.15, -0.1) is 0 Å². The molecular formula is C19H17FN2O4. The molecule has 0 radical (unpaired) electrons. The van der Waals surface area contributed by atoms with Crippen molar-refractivity contribution < 1.29 is 23.5 Å². The van der Waals surface area contributed by atoms with Crippen molar-refractivity contribution >= 4 is 23.4 Å². The monoisotopic (exact) mass is 356 g/mol. The fourth-order valence-corrected chi connectivity index (χ4v) is 2.77. The minimum absolute atomic E-state index is 0.0251. The molecule has 1 aliphatic heterocycles. The first-order chi connectivity index (χ1) is 12.5. The Kier molecular flexibility index (Phi) is 4.97. The number of halogens is 1. The maximum absolute atomic E-state index is 13.8. The van der Waals surface area contributed by atoms with Gasteiger partial charge in [0.1, 0.15) is 11.6 Å². The lowest BCUT2D eigenvalue weighted by Crippen LogP contribution is -2.33. The fraction of sp³-hybridized carbons (Fsp3) is 0.211. The molecule has 0 fully saturated rings. The number of carbonyl (C=O) groups excluding carboxylic acids is 3. The second-order valence-electron chi connectivity index (χ2n) is 5.65. The number of nitrogens with one attached hydrogen (secondary N) is 1. The average Bonchev–Trinajstić information content (AvgIpc) is 2.87. The second-order valence-corrected chi connectivity index (χ2v) is 5.65. The van der Waals surface area contributed by atoms with Crippen molar-refractivity contribution in [1.29, 1.82) is 0 Å². The van der Waals surface area contributed by atoms with Crippen LogP contribution >= 0.6 is 0 Å². The molecule has 2 aromatic rings. The van der Waals surface area contributed by atoms with Gasteiger partial charge in [0.2, 0.25) is 5.91 Å². The van der Waals surface area contributed by atoms with Crippen molar-refractivity contribution in [2.24, 2.45) is 0 Å². The van der Waals surface area contributed by atoms with E-state index in [0.29, 0.717) is 18.0 Å². The number of para-hydroxylation sites is 2. The Bertz CT molecular complexity index is 882. The molecule has 0 bridgehead atoms. The summed E-state index contributed by atoms with van der Waals surface area (Å²) in [5, 5.41) is 2.69. The smallest absolute Gasteiger partial charge is 0.264 e. The molecule has 0 aromatic heterocycles. The normalized spacial score (nSPS) is 12.9. The van der Waals surface area contributed by atoms with E-state index in [1.807, 2.05) is 6.92 Å². The molecule has 7 heteroatoms. The van der Waals surface area contributed by atoms with E-state index in [1.54, 1.807) is 24.3 Å². The minimum atomic E-state index is -0.738. The van der Waals surface area contributed by atoms with E-state index in [4.69, 9.17) is 4.74 Å². The quantitative estimate of drug-likeness (QED) is 0.808. The van der Waals surface area contributed by atoms with Crippen LogP contribution in [0.4, 0.5) is 10.1 Å². The third-order valence-corrected chi connectivity index (χ3v) is 3.97. The van der Waals surface area contributed by atoms with Crippen LogP contribution in [0.1, 0.15) is 34.1 Å². The number of ether oxygens (including phenoxy) is 1. The standard InChI is InChI=1S/C19H17FN2O4/c1-2-26-15-9-4-3-8-14(15)21-16(23)10-11-22-18(24)12-6-5-7-13(20)17(12)19(22)25/h3-9H,2,10-11H2,1H3,(H,21,23). The summed E-state index contributed by atoms with van der Waals surface area (Å²) in [6.07, 6.45) is -0.104. The molecule has 3 amide bonds. The average molecular weight is 356 g/mol. The molecule has 26 heavy (non-hydrogen) atoms. The zero-order valence-electron chi connectivity index (χ0n) is 14.1. The predicted molar refractivity (Wildman–Crippen MR) is 92.6 cm³/mol. The minimum Gasteiger partial charge on any atom is -0.492 e. The highest BCUT2D eigenvalue weighted by molar-refractivity contribution is 6.21. The van der Waals surface area contributed by atoms with Gasteiger partial charge in [-0.25, -0.2) is 4.39 Å². The summed E-state index contributed by atoms with van der Waals surface area (Å²) in [6.45, 7) is 2.15. The summed E-state index contributed by atoms with van der Waals surface area (Å²) in [5.41, 5.74) is 0.296. The van der Waals surface area contributed by atoms with Crippen LogP contribution in [0.3, 0.4) is 0 Å². The lowest BCUT2D eigenvalue weighted by molar-refractivity contribution is -0.116. The topological polar surface area (TPSA) is 75.7 Å². The first kappa shape index (κ1) is 17.6. The van der Waals surface area contributed by atoms with Crippen molar-refractivity contribution in [3.05, 3.63) is 59.4 Å². The number of anilines is 1. The lowest BCUT2D eigenvalue weighted by atomic mass is 10.1. The van der Waals surface area contributed by atoms with Crippen molar-refractivity contribution in [3.63, 3.8) is 0 Å². The first-order valence-corrected chi connectivity index (χ1v) is 8.19. The molecule has 0 aliphatic carbocycles. The molecule has 0 unspecified atom stereocenters. The number of benzene rings is 2. The van der Waals surface area contributed by atoms with Crippen molar-refractivity contribution in [1.82, 2.24) is 4.90 Å². The zero-order chi connectivity index (χ0) is 18.7. The Labute approximate surface area is 149 Å². The summed E-state index contributed by atoms with van der Waals surface area (Å²) >= 11 is 0. The largest absolute Gasteiger partial charge is 0.492 e. The van der Waals surface area contributed by atoms with Crippen LogP contribution in [-0.4, -0.2) is 35.8 Å². The van der Waals surface area contributed by atoms with E-state index in [1.165, 1.54) is 12.1 Å². The number of amides is 3. The number of hydrogen-bond acceptors (Lipinski definition) is 4. The summed E-state index contributed by atoms with van der Waals surface area (Å²) in [4.78, 5) is 37.6. The van der Waals surface area contributed by atoms with E-state index >= 15 is 0 Å². The molecule has 2 aromatic carbocycles. The van der Waals surface area contributed by atoms with E-state index in [-0.39, 0.29) is 30.0 Å². The number of nitrogens with zero attached hydrogens (tertiary/aromatic N) is 1. The highest BCUT2D eigenvalue weighted by Crippen LogP contribution is 2.26. The van der Waals surface area contributed by atoms with Crippen LogP contribution < -0.4 is 10.1 Å². The third kappa shape index (κ3) is 3.28. The fourth-order valence-electron chi connectivity index (χ4n) is 2.77. The number of carbonyl (C=O) groups is 3. The Hall–Kier alpha value is -3.22. The van der Waals surface area contributed by atoms with Gasteiger partial charge in [0.15, 0.2) is 0 Å². The molecule has 6 nitrogen and oxygen atoms in total. The SMILES string of the molecule is CCOc1ccccc1NC(=O)CCN1C(=O)c2cccc(F)c2C1=O. The molecular weight excluding hydrogens is 339 g/mol. The van der Waals surface area contributed by atoms with Crippen molar-refractivity contribution in [2.75, 3.05) is 18.5 Å². The molecule has 0 saturated heterocycles. The Morgan fingerprint density at radius 1 is 1.12 bits per heavy atom. The van der Waals surface area contributed by atoms with E-state index in [9.17, 15) is 18.8 Å². The molecule has 3 rings (SSSR count). The van der Waals surface area contributed by atoms with Crippen LogP contribution in [0.2, 0.25) is 0 Å². The highest BCUT2D eigenvalue weighted by atomic mass is 19.1. The molecule has 1 N–H and O–H groups in total. The van der Waals surface area contributed by atoms with E-state index in [2.05, 4.69) is 5.32 Å². The Morgan fingerprint density at radius 2 is 1.88 bits per heavy atom. The summed E-state index contributed by atoms with van der Waals surface area (Å²) < 4.78 is 19.2. The number of rotatable bonds is 6.